The quantitative estimate of drug-likeness (QED) is 0.654. The van der Waals surface area contributed by atoms with Crippen LogP contribution in [0, 0.1) is 0 Å². The van der Waals surface area contributed by atoms with Crippen LogP contribution in [0.3, 0.4) is 0 Å². The molecule has 0 amide bonds. The van der Waals surface area contributed by atoms with Crippen molar-refractivity contribution in [3.63, 3.8) is 0 Å². The minimum Gasteiger partial charge on any atom is -0.468 e. The molecule has 25 heavy (non-hydrogen) atoms. The monoisotopic (exact) mass is 356 g/mol. The molecule has 0 aliphatic carbocycles. The molecule has 2 atom stereocenters. The maximum Gasteiger partial charge on any atom is 0.322 e. The predicted molar refractivity (Wildman–Crippen MR) is 101 cm³/mol. The summed E-state index contributed by atoms with van der Waals surface area (Å²) < 4.78 is 4.80. The largest absolute Gasteiger partial charge is 0.468 e. The Bertz CT molecular complexity index is 875. The van der Waals surface area contributed by atoms with Crippen LogP contribution in [0.25, 0.3) is 10.9 Å². The van der Waals surface area contributed by atoms with E-state index < -0.39 is 0 Å². The first-order valence-electron chi connectivity index (χ1n) is 8.23. The number of nitrogens with one attached hydrogen (secondary N) is 2. The van der Waals surface area contributed by atoms with E-state index in [1.165, 1.54) is 7.11 Å². The highest BCUT2D eigenvalue weighted by molar-refractivity contribution is 6.31. The zero-order valence-electron chi connectivity index (χ0n) is 14.3. The van der Waals surface area contributed by atoms with Crippen molar-refractivity contribution < 1.29 is 9.53 Å². The van der Waals surface area contributed by atoms with Gasteiger partial charge in [0.1, 0.15) is 6.04 Å². The Hall–Kier alpha value is -2.30. The summed E-state index contributed by atoms with van der Waals surface area (Å²) in [7, 11) is 1.39. The average Bonchev–Trinajstić information content (AvgIpc) is 3.06. The highest BCUT2D eigenvalue weighted by atomic mass is 35.5. The minimum atomic E-state index is -0.389. The number of methoxy groups -OCH3 is 1. The summed E-state index contributed by atoms with van der Waals surface area (Å²) in [5, 5.41) is 5.13. The summed E-state index contributed by atoms with van der Waals surface area (Å²) >= 11 is 6.46. The summed E-state index contributed by atoms with van der Waals surface area (Å²) in [4.78, 5) is 15.0. The summed E-state index contributed by atoms with van der Waals surface area (Å²) in [6.45, 7) is 2.37. The van der Waals surface area contributed by atoms with E-state index in [1.54, 1.807) is 6.92 Å². The molecule has 1 aromatic heterocycles. The van der Waals surface area contributed by atoms with Gasteiger partial charge in [-0.25, -0.2) is 0 Å². The van der Waals surface area contributed by atoms with E-state index in [0.717, 1.165) is 22.0 Å². The van der Waals surface area contributed by atoms with Crippen molar-refractivity contribution >= 4 is 28.5 Å². The van der Waals surface area contributed by atoms with Gasteiger partial charge in [-0.15, -0.1) is 0 Å². The van der Waals surface area contributed by atoms with Gasteiger partial charge >= 0.3 is 5.97 Å². The zero-order valence-corrected chi connectivity index (χ0v) is 15.0. The van der Waals surface area contributed by atoms with E-state index in [0.29, 0.717) is 11.6 Å². The van der Waals surface area contributed by atoms with Crippen molar-refractivity contribution in [1.82, 2.24) is 10.3 Å². The highest BCUT2D eigenvalue weighted by Crippen LogP contribution is 2.34. The van der Waals surface area contributed by atoms with Gasteiger partial charge in [-0.2, -0.15) is 0 Å². The fraction of sp³-hybridized carbons (Fsp3) is 0.250. The molecule has 0 spiro atoms. The number of carbonyl (C=O) groups excluding carboxylic acids is 1. The third kappa shape index (κ3) is 3.70. The zero-order chi connectivity index (χ0) is 17.8. The lowest BCUT2D eigenvalue weighted by Gasteiger charge is -2.21. The Kier molecular flexibility index (Phi) is 5.41. The van der Waals surface area contributed by atoms with Crippen molar-refractivity contribution in [3.05, 3.63) is 70.9 Å². The molecular weight excluding hydrogens is 336 g/mol. The van der Waals surface area contributed by atoms with Crippen LogP contribution in [0.1, 0.15) is 24.0 Å². The summed E-state index contributed by atoms with van der Waals surface area (Å²) in [5.41, 5.74) is 3.25. The standard InChI is InChI=1S/C20H21ClN2O2/c1-13(20(24)25-2)22-11-16(14-7-3-5-9-18(14)21)17-12-23-19-10-6-4-8-15(17)19/h3-10,12-13,16,22-23H,11H2,1-2H3/t13-,16-/m0/s1. The van der Waals surface area contributed by atoms with E-state index in [9.17, 15) is 4.79 Å². The second-order valence-corrected chi connectivity index (χ2v) is 6.42. The second kappa shape index (κ2) is 7.72. The van der Waals surface area contributed by atoms with Gasteiger partial charge in [0.15, 0.2) is 0 Å². The lowest BCUT2D eigenvalue weighted by Crippen LogP contribution is -2.37. The number of aromatic amines is 1. The number of hydrogen-bond donors (Lipinski definition) is 2. The van der Waals surface area contributed by atoms with E-state index in [-0.39, 0.29) is 17.9 Å². The van der Waals surface area contributed by atoms with Crippen LogP contribution < -0.4 is 5.32 Å². The first-order chi connectivity index (χ1) is 12.1. The van der Waals surface area contributed by atoms with Gasteiger partial charge in [0.2, 0.25) is 0 Å². The topological polar surface area (TPSA) is 54.1 Å². The van der Waals surface area contributed by atoms with Gasteiger partial charge in [-0.05, 0) is 30.2 Å². The normalized spacial score (nSPS) is 13.6. The number of benzene rings is 2. The number of ether oxygens (including phenoxy) is 1. The molecule has 0 aliphatic heterocycles. The number of halogens is 1. The number of rotatable bonds is 6. The van der Waals surface area contributed by atoms with Crippen LogP contribution in [0.15, 0.2) is 54.7 Å². The van der Waals surface area contributed by atoms with Gasteiger partial charge in [0, 0.05) is 34.6 Å². The molecule has 0 bridgehead atoms. The Labute approximate surface area is 152 Å². The Morgan fingerprint density at radius 2 is 1.88 bits per heavy atom. The highest BCUT2D eigenvalue weighted by Gasteiger charge is 2.22. The number of H-pyrrole nitrogens is 1. The summed E-state index contributed by atoms with van der Waals surface area (Å²) in [6, 6.07) is 15.6. The summed E-state index contributed by atoms with van der Waals surface area (Å²) in [6.07, 6.45) is 2.02. The number of hydrogen-bond acceptors (Lipinski definition) is 3. The third-order valence-electron chi connectivity index (χ3n) is 4.46. The Balaban J connectivity index is 1.98. The van der Waals surface area contributed by atoms with Crippen LogP contribution in [0.2, 0.25) is 5.02 Å². The first kappa shape index (κ1) is 17.5. The molecule has 5 heteroatoms. The lowest BCUT2D eigenvalue weighted by molar-refractivity contribution is -0.142. The molecule has 0 fully saturated rings. The van der Waals surface area contributed by atoms with Gasteiger partial charge in [-0.1, -0.05) is 48.0 Å². The van der Waals surface area contributed by atoms with Crippen LogP contribution in [-0.4, -0.2) is 30.6 Å². The molecule has 3 aromatic rings. The fourth-order valence-electron chi connectivity index (χ4n) is 3.08. The predicted octanol–water partition coefficient (Wildman–Crippen LogP) is 4.10. The fourth-order valence-corrected chi connectivity index (χ4v) is 3.35. The van der Waals surface area contributed by atoms with E-state index >= 15 is 0 Å². The lowest BCUT2D eigenvalue weighted by atomic mass is 9.90. The maximum atomic E-state index is 11.7. The molecule has 0 aliphatic rings. The molecule has 130 valence electrons. The van der Waals surface area contributed by atoms with Crippen molar-refractivity contribution in [2.24, 2.45) is 0 Å². The van der Waals surface area contributed by atoms with E-state index in [2.05, 4.69) is 16.4 Å². The van der Waals surface area contributed by atoms with E-state index in [4.69, 9.17) is 16.3 Å². The van der Waals surface area contributed by atoms with Gasteiger partial charge in [0.25, 0.3) is 0 Å². The van der Waals surface area contributed by atoms with Crippen molar-refractivity contribution in [2.75, 3.05) is 13.7 Å². The number of fused-ring (bicyclic) bond motifs is 1. The molecule has 0 radical (unpaired) electrons. The average molecular weight is 357 g/mol. The van der Waals surface area contributed by atoms with Gasteiger partial charge in [0.05, 0.1) is 7.11 Å². The van der Waals surface area contributed by atoms with E-state index in [1.807, 2.05) is 48.7 Å². The van der Waals surface area contributed by atoms with Gasteiger partial charge in [-0.3, -0.25) is 4.79 Å². The van der Waals surface area contributed by atoms with Crippen LogP contribution in [0.4, 0.5) is 0 Å². The van der Waals surface area contributed by atoms with Crippen molar-refractivity contribution in [1.29, 1.82) is 0 Å². The van der Waals surface area contributed by atoms with Crippen molar-refractivity contribution in [3.8, 4) is 0 Å². The molecule has 1 heterocycles. The molecular formula is C20H21ClN2O2. The second-order valence-electron chi connectivity index (χ2n) is 6.02. The van der Waals surface area contributed by atoms with Crippen LogP contribution in [0.5, 0.6) is 0 Å². The minimum absolute atomic E-state index is 0.0111. The maximum absolute atomic E-state index is 11.7. The first-order valence-corrected chi connectivity index (χ1v) is 8.61. The van der Waals surface area contributed by atoms with Crippen LogP contribution >= 0.6 is 11.6 Å². The Morgan fingerprint density at radius 3 is 2.64 bits per heavy atom. The molecule has 3 rings (SSSR count). The SMILES string of the molecule is COC(=O)[C@H](C)NC[C@@H](c1ccccc1Cl)c1c[nH]c2ccccc12. The molecule has 0 saturated heterocycles. The molecule has 0 saturated carbocycles. The number of aromatic nitrogens is 1. The number of para-hydroxylation sites is 1. The van der Waals surface area contributed by atoms with Crippen LogP contribution in [-0.2, 0) is 9.53 Å². The van der Waals surface area contributed by atoms with Gasteiger partial charge < -0.3 is 15.0 Å². The molecule has 2 aromatic carbocycles. The van der Waals surface area contributed by atoms with Crippen molar-refractivity contribution in [2.45, 2.75) is 18.9 Å². The number of carbonyl (C=O) groups is 1. The smallest absolute Gasteiger partial charge is 0.322 e. The summed E-state index contributed by atoms with van der Waals surface area (Å²) in [5.74, 6) is -0.270. The molecule has 4 nitrogen and oxygen atoms in total. The molecule has 2 N–H and O–H groups in total. The third-order valence-corrected chi connectivity index (χ3v) is 4.80. The Morgan fingerprint density at radius 1 is 1.16 bits per heavy atom. The molecule has 0 unspecified atom stereocenters. The number of esters is 1.